The molecule has 0 saturated carbocycles. The van der Waals surface area contributed by atoms with Gasteiger partial charge in [0.2, 0.25) is 0 Å². The van der Waals surface area contributed by atoms with Gasteiger partial charge in [0.15, 0.2) is 5.96 Å². The smallest absolute Gasteiger partial charge is 0.193 e. The molecule has 0 amide bonds. The van der Waals surface area contributed by atoms with E-state index in [1.807, 2.05) is 19.0 Å². The summed E-state index contributed by atoms with van der Waals surface area (Å²) in [6.45, 7) is 7.08. The van der Waals surface area contributed by atoms with Gasteiger partial charge >= 0.3 is 0 Å². The van der Waals surface area contributed by atoms with Crippen molar-refractivity contribution in [2.24, 2.45) is 4.99 Å². The summed E-state index contributed by atoms with van der Waals surface area (Å²) in [6.07, 6.45) is 2.45. The molecule has 1 unspecified atom stereocenters. The molecular weight excluding hydrogens is 290 g/mol. The standard InChI is InChI=1S/C18H29N3O2/c1-5-19-18(21(3)4)20-12-15-9-8-14(2)11-17(15)23-13-16-7-6-10-22-16/h8-9,11,16H,5-7,10,12-13H2,1-4H3,(H,19,20). The van der Waals surface area contributed by atoms with Gasteiger partial charge in [0, 0.05) is 32.8 Å². The Morgan fingerprint density at radius 2 is 2.26 bits per heavy atom. The maximum absolute atomic E-state index is 6.03. The lowest BCUT2D eigenvalue weighted by Crippen LogP contribution is -2.36. The number of benzene rings is 1. The predicted octanol–water partition coefficient (Wildman–Crippen LogP) is 2.58. The number of guanidine groups is 1. The first kappa shape index (κ1) is 17.6. The molecule has 2 rings (SSSR count). The zero-order valence-corrected chi connectivity index (χ0v) is 14.8. The summed E-state index contributed by atoms with van der Waals surface area (Å²) >= 11 is 0. The summed E-state index contributed by atoms with van der Waals surface area (Å²) in [6, 6.07) is 6.29. The van der Waals surface area contributed by atoms with Crippen molar-refractivity contribution in [3.05, 3.63) is 29.3 Å². The highest BCUT2D eigenvalue weighted by Gasteiger charge is 2.17. The number of nitrogens with one attached hydrogen (secondary N) is 1. The second-order valence-corrected chi connectivity index (χ2v) is 6.12. The monoisotopic (exact) mass is 319 g/mol. The number of aliphatic imine (C=N–C) groups is 1. The number of hydrogen-bond acceptors (Lipinski definition) is 3. The Morgan fingerprint density at radius 1 is 1.43 bits per heavy atom. The molecule has 1 aromatic carbocycles. The van der Waals surface area contributed by atoms with Crippen LogP contribution < -0.4 is 10.1 Å². The molecule has 128 valence electrons. The minimum Gasteiger partial charge on any atom is -0.491 e. The first-order chi connectivity index (χ1) is 11.1. The quantitative estimate of drug-likeness (QED) is 0.647. The summed E-state index contributed by atoms with van der Waals surface area (Å²) in [5.41, 5.74) is 2.30. The average molecular weight is 319 g/mol. The fraction of sp³-hybridized carbons (Fsp3) is 0.611. The molecule has 0 aromatic heterocycles. The molecule has 0 radical (unpaired) electrons. The van der Waals surface area contributed by atoms with Gasteiger partial charge in [0.05, 0.1) is 12.6 Å². The molecule has 0 spiro atoms. The second-order valence-electron chi connectivity index (χ2n) is 6.12. The highest BCUT2D eigenvalue weighted by atomic mass is 16.5. The third kappa shape index (κ3) is 5.43. The minimum atomic E-state index is 0.228. The summed E-state index contributed by atoms with van der Waals surface area (Å²) < 4.78 is 11.7. The van der Waals surface area contributed by atoms with Gasteiger partial charge in [0.25, 0.3) is 0 Å². The Balaban J connectivity index is 2.06. The van der Waals surface area contributed by atoms with Crippen LogP contribution in [0.4, 0.5) is 0 Å². The third-order valence-electron chi connectivity index (χ3n) is 3.83. The molecule has 1 atom stereocenters. The van der Waals surface area contributed by atoms with Crippen molar-refractivity contribution >= 4 is 5.96 Å². The Labute approximate surface area is 139 Å². The van der Waals surface area contributed by atoms with E-state index in [1.54, 1.807) is 0 Å². The largest absolute Gasteiger partial charge is 0.491 e. The van der Waals surface area contributed by atoms with Crippen LogP contribution in [-0.2, 0) is 11.3 Å². The van der Waals surface area contributed by atoms with Gasteiger partial charge in [-0.15, -0.1) is 0 Å². The van der Waals surface area contributed by atoms with E-state index >= 15 is 0 Å². The minimum absolute atomic E-state index is 0.228. The van der Waals surface area contributed by atoms with E-state index in [0.29, 0.717) is 13.2 Å². The van der Waals surface area contributed by atoms with Crippen LogP contribution in [0.1, 0.15) is 30.9 Å². The molecule has 5 heteroatoms. The van der Waals surface area contributed by atoms with Gasteiger partial charge in [-0.25, -0.2) is 4.99 Å². The van der Waals surface area contributed by atoms with E-state index in [2.05, 4.69) is 42.4 Å². The first-order valence-electron chi connectivity index (χ1n) is 8.39. The molecule has 1 aliphatic heterocycles. The summed E-state index contributed by atoms with van der Waals surface area (Å²) in [4.78, 5) is 6.66. The predicted molar refractivity (Wildman–Crippen MR) is 94.2 cm³/mol. The fourth-order valence-corrected chi connectivity index (χ4v) is 2.56. The van der Waals surface area contributed by atoms with Crippen molar-refractivity contribution in [2.45, 2.75) is 39.3 Å². The zero-order valence-electron chi connectivity index (χ0n) is 14.8. The lowest BCUT2D eigenvalue weighted by molar-refractivity contribution is 0.0676. The van der Waals surface area contributed by atoms with E-state index in [0.717, 1.165) is 43.3 Å². The first-order valence-corrected chi connectivity index (χ1v) is 8.39. The summed E-state index contributed by atoms with van der Waals surface area (Å²) in [7, 11) is 3.98. The van der Waals surface area contributed by atoms with Gasteiger partial charge < -0.3 is 19.7 Å². The molecule has 0 bridgehead atoms. The fourth-order valence-electron chi connectivity index (χ4n) is 2.56. The van der Waals surface area contributed by atoms with Crippen LogP contribution in [0.2, 0.25) is 0 Å². The normalized spacial score (nSPS) is 18.1. The molecule has 5 nitrogen and oxygen atoms in total. The van der Waals surface area contributed by atoms with Crippen molar-refractivity contribution in [2.75, 3.05) is 33.9 Å². The molecule has 23 heavy (non-hydrogen) atoms. The Morgan fingerprint density at radius 3 is 2.91 bits per heavy atom. The van der Waals surface area contributed by atoms with E-state index in [4.69, 9.17) is 9.47 Å². The van der Waals surface area contributed by atoms with Crippen LogP contribution in [-0.4, -0.2) is 50.8 Å². The SMILES string of the molecule is CCNC(=NCc1ccc(C)cc1OCC1CCCO1)N(C)C. The van der Waals surface area contributed by atoms with Gasteiger partial charge in [-0.3, -0.25) is 0 Å². The molecule has 1 aromatic rings. The Bertz CT molecular complexity index is 523. The maximum atomic E-state index is 6.03. The molecule has 1 fully saturated rings. The second kappa shape index (κ2) is 8.77. The van der Waals surface area contributed by atoms with Gasteiger partial charge in [-0.05, 0) is 38.3 Å². The van der Waals surface area contributed by atoms with Crippen LogP contribution in [0.25, 0.3) is 0 Å². The van der Waals surface area contributed by atoms with Crippen LogP contribution in [0.15, 0.2) is 23.2 Å². The van der Waals surface area contributed by atoms with Crippen molar-refractivity contribution in [1.29, 1.82) is 0 Å². The topological polar surface area (TPSA) is 46.1 Å². The van der Waals surface area contributed by atoms with Crippen LogP contribution in [0.3, 0.4) is 0 Å². The molecule has 0 aliphatic carbocycles. The number of aryl methyl sites for hydroxylation is 1. The molecule has 1 saturated heterocycles. The summed E-state index contributed by atoms with van der Waals surface area (Å²) in [5, 5.41) is 3.28. The van der Waals surface area contributed by atoms with Gasteiger partial charge in [0.1, 0.15) is 12.4 Å². The highest BCUT2D eigenvalue weighted by molar-refractivity contribution is 5.79. The number of nitrogens with zero attached hydrogens (tertiary/aromatic N) is 2. The van der Waals surface area contributed by atoms with Crippen molar-refractivity contribution in [3.63, 3.8) is 0 Å². The van der Waals surface area contributed by atoms with Crippen LogP contribution >= 0.6 is 0 Å². The highest BCUT2D eigenvalue weighted by Crippen LogP contribution is 2.23. The van der Waals surface area contributed by atoms with Crippen LogP contribution in [0.5, 0.6) is 5.75 Å². The number of ether oxygens (including phenoxy) is 2. The van der Waals surface area contributed by atoms with E-state index < -0.39 is 0 Å². The Kier molecular flexibility index (Phi) is 6.71. The zero-order chi connectivity index (χ0) is 16.7. The maximum Gasteiger partial charge on any atom is 0.193 e. The summed E-state index contributed by atoms with van der Waals surface area (Å²) in [5.74, 6) is 1.80. The van der Waals surface area contributed by atoms with E-state index in [9.17, 15) is 0 Å². The lowest BCUT2D eigenvalue weighted by atomic mass is 10.1. The van der Waals surface area contributed by atoms with Crippen molar-refractivity contribution in [1.82, 2.24) is 10.2 Å². The van der Waals surface area contributed by atoms with Crippen molar-refractivity contribution in [3.8, 4) is 5.75 Å². The molecular formula is C18H29N3O2. The molecule has 1 aliphatic rings. The molecule has 1 heterocycles. The van der Waals surface area contributed by atoms with Crippen molar-refractivity contribution < 1.29 is 9.47 Å². The Hall–Kier alpha value is -1.75. The van der Waals surface area contributed by atoms with E-state index in [-0.39, 0.29) is 6.10 Å². The number of rotatable bonds is 6. The van der Waals surface area contributed by atoms with Gasteiger partial charge in [-0.2, -0.15) is 0 Å². The molecule has 1 N–H and O–H groups in total. The van der Waals surface area contributed by atoms with Crippen LogP contribution in [0, 0.1) is 6.92 Å². The van der Waals surface area contributed by atoms with Gasteiger partial charge in [-0.1, -0.05) is 12.1 Å². The lowest BCUT2D eigenvalue weighted by Gasteiger charge is -2.18. The average Bonchev–Trinajstić information content (AvgIpc) is 3.03. The number of hydrogen-bond donors (Lipinski definition) is 1. The van der Waals surface area contributed by atoms with E-state index in [1.165, 1.54) is 5.56 Å². The third-order valence-corrected chi connectivity index (χ3v) is 3.83.